The van der Waals surface area contributed by atoms with Crippen LogP contribution < -0.4 is 5.32 Å². The van der Waals surface area contributed by atoms with Gasteiger partial charge in [0.25, 0.3) is 0 Å². The number of aliphatic imine (C=N–C) groups is 1. The maximum absolute atomic E-state index is 4.10. The number of nitrogens with zero attached hydrogens (tertiary/aromatic N) is 1. The van der Waals surface area contributed by atoms with Crippen molar-refractivity contribution >= 4 is 21.8 Å². The number of rotatable bonds is 2. The number of hydrogen-bond acceptors (Lipinski definition) is 1. The molecule has 0 aromatic heterocycles. The van der Waals surface area contributed by atoms with Crippen LogP contribution in [0.3, 0.4) is 0 Å². The molecule has 0 saturated carbocycles. The van der Waals surface area contributed by atoms with E-state index in [4.69, 9.17) is 0 Å². The lowest BCUT2D eigenvalue weighted by molar-refractivity contribution is 1.16. The van der Waals surface area contributed by atoms with Crippen LogP contribution in [0.15, 0.2) is 46.5 Å². The van der Waals surface area contributed by atoms with E-state index < -0.39 is 0 Å². The van der Waals surface area contributed by atoms with Crippen molar-refractivity contribution in [3.8, 4) is 0 Å². The summed E-state index contributed by atoms with van der Waals surface area (Å²) >= 11 is 3.38. The van der Waals surface area contributed by atoms with Crippen molar-refractivity contribution < 1.29 is 0 Å². The molecule has 1 rings (SSSR count). The van der Waals surface area contributed by atoms with E-state index in [0.29, 0.717) is 0 Å². The van der Waals surface area contributed by atoms with E-state index in [1.54, 1.807) is 0 Å². The Morgan fingerprint density at radius 3 is 2.54 bits per heavy atom. The average molecular weight is 239 g/mol. The molecule has 0 bridgehead atoms. The first-order valence-electron chi connectivity index (χ1n) is 3.90. The zero-order chi connectivity index (χ0) is 9.68. The molecule has 68 valence electrons. The third kappa shape index (κ3) is 2.70. The zero-order valence-electron chi connectivity index (χ0n) is 7.42. The second kappa shape index (κ2) is 4.82. The van der Waals surface area contributed by atoms with Gasteiger partial charge in [0, 0.05) is 23.3 Å². The predicted molar refractivity (Wildman–Crippen MR) is 59.9 cm³/mol. The molecule has 13 heavy (non-hydrogen) atoms. The van der Waals surface area contributed by atoms with E-state index in [2.05, 4.69) is 32.8 Å². The summed E-state index contributed by atoms with van der Waals surface area (Å²) in [6.45, 7) is 3.55. The first kappa shape index (κ1) is 9.99. The fourth-order valence-corrected chi connectivity index (χ4v) is 1.25. The van der Waals surface area contributed by atoms with Crippen molar-refractivity contribution in [3.63, 3.8) is 0 Å². The monoisotopic (exact) mass is 238 g/mol. The lowest BCUT2D eigenvalue weighted by atomic mass is 10.2. The van der Waals surface area contributed by atoms with Gasteiger partial charge in [-0.25, -0.2) is 4.99 Å². The van der Waals surface area contributed by atoms with Gasteiger partial charge < -0.3 is 5.32 Å². The van der Waals surface area contributed by atoms with Crippen molar-refractivity contribution in [2.75, 3.05) is 7.05 Å². The van der Waals surface area contributed by atoms with Crippen LogP contribution in [0, 0.1) is 0 Å². The molecule has 1 N–H and O–H groups in total. The summed E-state index contributed by atoms with van der Waals surface area (Å²) in [7, 11) is 1.84. The van der Waals surface area contributed by atoms with E-state index in [9.17, 15) is 0 Å². The molecule has 0 amide bonds. The summed E-state index contributed by atoms with van der Waals surface area (Å²) in [5.74, 6) is 0.822. The second-order valence-electron chi connectivity index (χ2n) is 2.42. The molecule has 0 spiro atoms. The van der Waals surface area contributed by atoms with Crippen molar-refractivity contribution in [1.29, 1.82) is 0 Å². The minimum absolute atomic E-state index is 0.822. The van der Waals surface area contributed by atoms with E-state index in [-0.39, 0.29) is 0 Å². The van der Waals surface area contributed by atoms with Crippen molar-refractivity contribution in [1.82, 2.24) is 5.32 Å². The van der Waals surface area contributed by atoms with Gasteiger partial charge in [-0.1, -0.05) is 34.6 Å². The van der Waals surface area contributed by atoms with Crippen LogP contribution >= 0.6 is 15.9 Å². The molecule has 0 saturated heterocycles. The van der Waals surface area contributed by atoms with Gasteiger partial charge in [-0.05, 0) is 12.1 Å². The molecule has 0 aliphatic rings. The lowest BCUT2D eigenvalue weighted by Crippen LogP contribution is -2.18. The summed E-state index contributed by atoms with van der Waals surface area (Å²) in [6, 6.07) is 7.93. The molecule has 0 radical (unpaired) electrons. The molecule has 0 fully saturated rings. The van der Waals surface area contributed by atoms with Crippen LogP contribution in [0.1, 0.15) is 5.56 Å². The van der Waals surface area contributed by atoms with Gasteiger partial charge in [-0.2, -0.15) is 0 Å². The number of hydrogen-bond donors (Lipinski definition) is 1. The van der Waals surface area contributed by atoms with Crippen LogP contribution in [-0.2, 0) is 0 Å². The van der Waals surface area contributed by atoms with Gasteiger partial charge in [0.05, 0.1) is 0 Å². The van der Waals surface area contributed by atoms with Gasteiger partial charge in [-0.3, -0.25) is 0 Å². The Morgan fingerprint density at radius 2 is 2.08 bits per heavy atom. The highest BCUT2D eigenvalue weighted by atomic mass is 79.9. The molecule has 0 atom stereocenters. The van der Waals surface area contributed by atoms with E-state index in [1.807, 2.05) is 31.3 Å². The Balaban J connectivity index is 2.99. The van der Waals surface area contributed by atoms with Crippen LogP contribution in [0.4, 0.5) is 0 Å². The Hall–Kier alpha value is -1.09. The van der Waals surface area contributed by atoms with Crippen LogP contribution in [0.2, 0.25) is 0 Å². The SMILES string of the molecule is C=C/N=C(\NC)c1ccc(Br)cc1. The fraction of sp³-hybridized carbons (Fsp3) is 0.100. The quantitative estimate of drug-likeness (QED) is 0.622. The zero-order valence-corrected chi connectivity index (χ0v) is 9.01. The third-order valence-electron chi connectivity index (χ3n) is 1.57. The number of amidine groups is 1. The fourth-order valence-electron chi connectivity index (χ4n) is 0.982. The first-order valence-corrected chi connectivity index (χ1v) is 4.69. The molecule has 1 aromatic rings. The van der Waals surface area contributed by atoms with E-state index in [0.717, 1.165) is 15.9 Å². The summed E-state index contributed by atoms with van der Waals surface area (Å²) < 4.78 is 1.06. The number of nitrogens with one attached hydrogen (secondary N) is 1. The predicted octanol–water partition coefficient (Wildman–Crippen LogP) is 2.56. The highest BCUT2D eigenvalue weighted by molar-refractivity contribution is 9.10. The van der Waals surface area contributed by atoms with Gasteiger partial charge in [-0.15, -0.1) is 0 Å². The second-order valence-corrected chi connectivity index (χ2v) is 3.33. The first-order chi connectivity index (χ1) is 6.27. The Labute approximate surface area is 86.5 Å². The summed E-state index contributed by atoms with van der Waals surface area (Å²) in [5, 5.41) is 3.00. The van der Waals surface area contributed by atoms with E-state index >= 15 is 0 Å². The minimum atomic E-state index is 0.822. The molecule has 0 unspecified atom stereocenters. The Bertz CT molecular complexity index is 314. The maximum atomic E-state index is 4.10. The smallest absolute Gasteiger partial charge is 0.132 e. The van der Waals surface area contributed by atoms with Crippen molar-refractivity contribution in [2.24, 2.45) is 4.99 Å². The van der Waals surface area contributed by atoms with Crippen LogP contribution in [0.25, 0.3) is 0 Å². The van der Waals surface area contributed by atoms with Crippen molar-refractivity contribution in [2.45, 2.75) is 0 Å². The third-order valence-corrected chi connectivity index (χ3v) is 2.10. The molecule has 0 heterocycles. The highest BCUT2D eigenvalue weighted by Crippen LogP contribution is 2.10. The highest BCUT2D eigenvalue weighted by Gasteiger charge is 1.98. The van der Waals surface area contributed by atoms with E-state index in [1.165, 1.54) is 6.20 Å². The topological polar surface area (TPSA) is 24.4 Å². The van der Waals surface area contributed by atoms with Gasteiger partial charge in [0.15, 0.2) is 0 Å². The summed E-state index contributed by atoms with van der Waals surface area (Å²) in [5.41, 5.74) is 1.05. The molecular formula is C10H11BrN2. The van der Waals surface area contributed by atoms with Gasteiger partial charge >= 0.3 is 0 Å². The van der Waals surface area contributed by atoms with Crippen LogP contribution in [0.5, 0.6) is 0 Å². The Morgan fingerprint density at radius 1 is 1.46 bits per heavy atom. The number of halogens is 1. The molecular weight excluding hydrogens is 228 g/mol. The lowest BCUT2D eigenvalue weighted by Gasteiger charge is -2.03. The largest absolute Gasteiger partial charge is 0.373 e. The van der Waals surface area contributed by atoms with Gasteiger partial charge in [0.2, 0.25) is 0 Å². The van der Waals surface area contributed by atoms with Crippen LogP contribution in [-0.4, -0.2) is 12.9 Å². The summed E-state index contributed by atoms with van der Waals surface area (Å²) in [4.78, 5) is 4.10. The van der Waals surface area contributed by atoms with Gasteiger partial charge in [0.1, 0.15) is 5.84 Å². The molecule has 3 heteroatoms. The maximum Gasteiger partial charge on any atom is 0.132 e. The molecule has 2 nitrogen and oxygen atoms in total. The normalized spacial score (nSPS) is 11.1. The minimum Gasteiger partial charge on any atom is -0.373 e. The average Bonchev–Trinajstić information content (AvgIpc) is 2.16. The molecule has 0 aliphatic carbocycles. The number of benzene rings is 1. The Kier molecular flexibility index (Phi) is 3.71. The van der Waals surface area contributed by atoms with Crippen molar-refractivity contribution in [3.05, 3.63) is 47.1 Å². The molecule has 0 aliphatic heterocycles. The standard InChI is InChI=1S/C10H11BrN2/c1-3-13-10(12-2)8-4-6-9(11)7-5-8/h3-7H,1H2,2H3,(H,12,13). The summed E-state index contributed by atoms with van der Waals surface area (Å²) in [6.07, 6.45) is 1.52. The molecule has 1 aromatic carbocycles.